The Bertz CT molecular complexity index is 391. The van der Waals surface area contributed by atoms with E-state index in [9.17, 15) is 23.1 Å². The Labute approximate surface area is 90.0 Å². The average molecular weight is 229 g/mol. The Morgan fingerprint density at radius 3 is 2.25 bits per heavy atom. The van der Waals surface area contributed by atoms with Gasteiger partial charge in [-0.3, -0.25) is 0 Å². The quantitative estimate of drug-likeness (QED) is 0.793. The molecule has 1 aromatic carbocycles. The zero-order valence-electron chi connectivity index (χ0n) is 8.12. The second-order valence-corrected chi connectivity index (χ2v) is 3.10. The van der Waals surface area contributed by atoms with Crippen molar-refractivity contribution in [2.24, 2.45) is 0 Å². The highest BCUT2D eigenvalue weighted by Crippen LogP contribution is 2.29. The van der Waals surface area contributed by atoms with Crippen LogP contribution in [0.2, 0.25) is 0 Å². The fourth-order valence-electron chi connectivity index (χ4n) is 1.07. The second kappa shape index (κ2) is 4.83. The largest absolute Gasteiger partial charge is 0.550 e. The predicted octanol–water partition coefficient (Wildman–Crippen LogP) is 1.86. The molecule has 0 atom stereocenters. The molecule has 0 saturated carbocycles. The monoisotopic (exact) mass is 229 g/mol. The molecule has 0 fully saturated rings. The van der Waals surface area contributed by atoms with E-state index in [-0.39, 0.29) is 6.42 Å². The lowest BCUT2D eigenvalue weighted by Gasteiger charge is -2.05. The van der Waals surface area contributed by atoms with Crippen molar-refractivity contribution in [2.45, 2.75) is 12.6 Å². The van der Waals surface area contributed by atoms with Crippen molar-refractivity contribution in [3.8, 4) is 0 Å². The van der Waals surface area contributed by atoms with Gasteiger partial charge in [-0.25, -0.2) is 0 Å². The van der Waals surface area contributed by atoms with Gasteiger partial charge in [0, 0.05) is 12.4 Å². The first-order chi connectivity index (χ1) is 7.39. The van der Waals surface area contributed by atoms with E-state index in [1.807, 2.05) is 0 Å². The summed E-state index contributed by atoms with van der Waals surface area (Å²) in [6.07, 6.45) is -1.87. The maximum Gasteiger partial charge on any atom is 0.416 e. The molecule has 1 rings (SSSR count). The molecule has 0 unspecified atom stereocenters. The van der Waals surface area contributed by atoms with Crippen molar-refractivity contribution in [1.82, 2.24) is 0 Å². The Kier molecular flexibility index (Phi) is 3.71. The Morgan fingerprint density at radius 2 is 1.81 bits per heavy atom. The summed E-state index contributed by atoms with van der Waals surface area (Å²) in [4.78, 5) is 10.1. The van der Waals surface area contributed by atoms with Crippen molar-refractivity contribution >= 4 is 12.0 Å². The molecular weight excluding hydrogens is 221 g/mol. The molecule has 0 aromatic heterocycles. The van der Waals surface area contributed by atoms with E-state index in [0.29, 0.717) is 5.56 Å². The number of rotatable bonds is 3. The van der Waals surface area contributed by atoms with Crippen molar-refractivity contribution in [3.05, 3.63) is 41.5 Å². The summed E-state index contributed by atoms with van der Waals surface area (Å²) in [5, 5.41) is 10.1. The molecule has 86 valence electrons. The van der Waals surface area contributed by atoms with E-state index >= 15 is 0 Å². The van der Waals surface area contributed by atoms with Crippen LogP contribution in [0, 0.1) is 0 Å². The van der Waals surface area contributed by atoms with E-state index in [1.165, 1.54) is 24.3 Å². The standard InChI is InChI=1S/C11H9F3O2/c12-11(13,14)9-6-4-8(5-7-9)2-1-3-10(15)16/h1-2,4-7H,3H2,(H,15,16)/p-1. The second-order valence-electron chi connectivity index (χ2n) is 3.10. The smallest absolute Gasteiger partial charge is 0.416 e. The maximum absolute atomic E-state index is 12.2. The molecule has 0 spiro atoms. The Hall–Kier alpha value is -1.78. The number of hydrogen-bond acceptors (Lipinski definition) is 2. The molecule has 0 amide bonds. The van der Waals surface area contributed by atoms with Gasteiger partial charge >= 0.3 is 6.18 Å². The predicted molar refractivity (Wildman–Crippen MR) is 50.1 cm³/mol. The molecule has 0 heterocycles. The van der Waals surface area contributed by atoms with Gasteiger partial charge in [-0.05, 0) is 17.7 Å². The van der Waals surface area contributed by atoms with Crippen LogP contribution in [0.25, 0.3) is 6.08 Å². The molecule has 0 aliphatic carbocycles. The highest BCUT2D eigenvalue weighted by atomic mass is 19.4. The van der Waals surface area contributed by atoms with Gasteiger partial charge in [0.15, 0.2) is 0 Å². The molecular formula is C11H8F3O2-. The highest BCUT2D eigenvalue weighted by molar-refractivity contribution is 5.68. The van der Waals surface area contributed by atoms with Crippen molar-refractivity contribution in [3.63, 3.8) is 0 Å². The lowest BCUT2D eigenvalue weighted by atomic mass is 10.1. The van der Waals surface area contributed by atoms with Crippen LogP contribution in [-0.4, -0.2) is 5.97 Å². The van der Waals surface area contributed by atoms with E-state index < -0.39 is 17.7 Å². The van der Waals surface area contributed by atoms with E-state index in [4.69, 9.17) is 0 Å². The number of benzene rings is 1. The first kappa shape index (κ1) is 12.3. The van der Waals surface area contributed by atoms with E-state index in [1.54, 1.807) is 0 Å². The number of carbonyl (C=O) groups is 1. The molecule has 0 N–H and O–H groups in total. The van der Waals surface area contributed by atoms with Crippen molar-refractivity contribution in [1.29, 1.82) is 0 Å². The van der Waals surface area contributed by atoms with E-state index in [0.717, 1.165) is 12.1 Å². The Morgan fingerprint density at radius 1 is 1.25 bits per heavy atom. The fraction of sp³-hybridized carbons (Fsp3) is 0.182. The molecule has 0 aliphatic heterocycles. The lowest BCUT2D eigenvalue weighted by Crippen LogP contribution is -2.20. The van der Waals surface area contributed by atoms with Gasteiger partial charge in [0.05, 0.1) is 5.56 Å². The third kappa shape index (κ3) is 3.76. The number of carbonyl (C=O) groups excluding carboxylic acids is 1. The van der Waals surface area contributed by atoms with Gasteiger partial charge in [-0.1, -0.05) is 24.3 Å². The van der Waals surface area contributed by atoms with Crippen LogP contribution >= 0.6 is 0 Å². The van der Waals surface area contributed by atoms with Gasteiger partial charge in [0.1, 0.15) is 0 Å². The number of alkyl halides is 3. The summed E-state index contributed by atoms with van der Waals surface area (Å²) in [6.45, 7) is 0. The number of carboxylic acid groups (broad SMARTS) is 1. The van der Waals surface area contributed by atoms with Gasteiger partial charge in [0.2, 0.25) is 0 Å². The van der Waals surface area contributed by atoms with Gasteiger partial charge in [-0.2, -0.15) is 13.2 Å². The van der Waals surface area contributed by atoms with Crippen LogP contribution in [0.1, 0.15) is 17.5 Å². The summed E-state index contributed by atoms with van der Waals surface area (Å²) in [6, 6.07) is 4.43. The summed E-state index contributed by atoms with van der Waals surface area (Å²) in [5.41, 5.74) is -0.223. The van der Waals surface area contributed by atoms with Crippen LogP contribution < -0.4 is 5.11 Å². The molecule has 0 bridgehead atoms. The summed E-state index contributed by atoms with van der Waals surface area (Å²) in [7, 11) is 0. The van der Waals surface area contributed by atoms with Gasteiger partial charge < -0.3 is 9.90 Å². The zero-order chi connectivity index (χ0) is 12.2. The summed E-state index contributed by atoms with van der Waals surface area (Å²) >= 11 is 0. The van der Waals surface area contributed by atoms with Gasteiger partial charge in [0.25, 0.3) is 0 Å². The number of halogens is 3. The molecule has 0 saturated heterocycles. The minimum atomic E-state index is -4.35. The van der Waals surface area contributed by atoms with Crippen LogP contribution in [0.15, 0.2) is 30.3 Å². The topological polar surface area (TPSA) is 40.1 Å². The third-order valence-corrected chi connectivity index (χ3v) is 1.83. The molecule has 1 aromatic rings. The third-order valence-electron chi connectivity index (χ3n) is 1.83. The molecule has 16 heavy (non-hydrogen) atoms. The fourth-order valence-corrected chi connectivity index (χ4v) is 1.07. The summed E-state index contributed by atoms with van der Waals surface area (Å²) in [5.74, 6) is -1.23. The van der Waals surface area contributed by atoms with Gasteiger partial charge in [-0.15, -0.1) is 0 Å². The molecule has 0 radical (unpaired) electrons. The lowest BCUT2D eigenvalue weighted by molar-refractivity contribution is -0.304. The van der Waals surface area contributed by atoms with Crippen LogP contribution in [0.5, 0.6) is 0 Å². The van der Waals surface area contributed by atoms with Crippen molar-refractivity contribution in [2.75, 3.05) is 0 Å². The van der Waals surface area contributed by atoms with Crippen LogP contribution in [0.3, 0.4) is 0 Å². The first-order valence-electron chi connectivity index (χ1n) is 4.43. The molecule has 5 heteroatoms. The minimum Gasteiger partial charge on any atom is -0.550 e. The van der Waals surface area contributed by atoms with Crippen LogP contribution in [-0.2, 0) is 11.0 Å². The zero-order valence-corrected chi connectivity index (χ0v) is 8.12. The minimum absolute atomic E-state index is 0.263. The Balaban J connectivity index is 2.72. The summed E-state index contributed by atoms with van der Waals surface area (Å²) < 4.78 is 36.5. The normalized spacial score (nSPS) is 11.9. The number of hydrogen-bond donors (Lipinski definition) is 0. The average Bonchev–Trinajstić information content (AvgIpc) is 2.16. The molecule has 0 aliphatic rings. The van der Waals surface area contributed by atoms with Crippen LogP contribution in [0.4, 0.5) is 13.2 Å². The van der Waals surface area contributed by atoms with E-state index in [2.05, 4.69) is 0 Å². The van der Waals surface area contributed by atoms with Crippen molar-refractivity contribution < 1.29 is 23.1 Å². The number of aliphatic carboxylic acids is 1. The highest BCUT2D eigenvalue weighted by Gasteiger charge is 2.29. The molecule has 2 nitrogen and oxygen atoms in total. The first-order valence-corrected chi connectivity index (χ1v) is 4.43. The SMILES string of the molecule is O=C([O-])CC=Cc1ccc(C(F)(F)F)cc1. The maximum atomic E-state index is 12.2. The number of carboxylic acids is 1.